The summed E-state index contributed by atoms with van der Waals surface area (Å²) in [7, 11) is 1.46. The minimum Gasteiger partial charge on any atom is -0.369 e. The fraction of sp³-hybridized carbons (Fsp3) is 0.136. The number of carbonyl (C=O) groups excluding carboxylic acids is 1. The predicted octanol–water partition coefficient (Wildman–Crippen LogP) is 3.86. The van der Waals surface area contributed by atoms with Crippen LogP contribution < -0.4 is 5.73 Å². The van der Waals surface area contributed by atoms with Crippen molar-refractivity contribution >= 4 is 11.9 Å². The molecule has 5 nitrogen and oxygen atoms in total. The van der Waals surface area contributed by atoms with Crippen molar-refractivity contribution in [3.8, 4) is 11.1 Å². The summed E-state index contributed by atoms with van der Waals surface area (Å²) in [5.41, 5.74) is 5.21. The minimum atomic E-state index is -2.82. The molecule has 1 atom stereocenters. The number of nitrogens with two attached hydrogens (primary N) is 1. The molecule has 0 saturated heterocycles. The number of alkyl halides is 2. The first-order chi connectivity index (χ1) is 14.3. The summed E-state index contributed by atoms with van der Waals surface area (Å²) < 4.78 is 40.9. The molecule has 8 heteroatoms. The van der Waals surface area contributed by atoms with Crippen LogP contribution in [0, 0.1) is 5.82 Å². The van der Waals surface area contributed by atoms with Gasteiger partial charge >= 0.3 is 0 Å². The van der Waals surface area contributed by atoms with Gasteiger partial charge in [0.25, 0.3) is 12.3 Å². The average Bonchev–Trinajstić information content (AvgIpc) is 2.99. The van der Waals surface area contributed by atoms with Crippen LogP contribution >= 0.6 is 0 Å². The van der Waals surface area contributed by atoms with Crippen LogP contribution in [-0.2, 0) is 10.3 Å². The molecule has 0 spiro atoms. The number of guanidine groups is 1. The molecule has 1 aromatic heterocycles. The summed E-state index contributed by atoms with van der Waals surface area (Å²) in [5.74, 6) is -0.978. The van der Waals surface area contributed by atoms with E-state index < -0.39 is 29.4 Å². The molecule has 1 unspecified atom stereocenters. The molecular weight excluding hydrogens is 393 g/mol. The van der Waals surface area contributed by atoms with E-state index in [2.05, 4.69) is 9.98 Å². The second kappa shape index (κ2) is 7.29. The maximum atomic E-state index is 14.3. The number of aromatic nitrogens is 1. The Bertz CT molecular complexity index is 1160. The molecule has 152 valence electrons. The van der Waals surface area contributed by atoms with Crippen LogP contribution in [0.25, 0.3) is 11.1 Å². The van der Waals surface area contributed by atoms with Crippen molar-refractivity contribution in [3.05, 3.63) is 89.5 Å². The van der Waals surface area contributed by atoms with E-state index in [1.54, 1.807) is 42.5 Å². The first-order valence-corrected chi connectivity index (χ1v) is 9.08. The number of rotatable bonds is 4. The number of pyridine rings is 1. The third-order valence-corrected chi connectivity index (χ3v) is 5.13. The molecule has 1 aliphatic rings. The van der Waals surface area contributed by atoms with Crippen molar-refractivity contribution < 1.29 is 18.0 Å². The van der Waals surface area contributed by atoms with E-state index in [1.165, 1.54) is 25.4 Å². The summed E-state index contributed by atoms with van der Waals surface area (Å²) >= 11 is 0. The number of benzene rings is 2. The molecular formula is C22H17F3N4O. The molecule has 0 saturated carbocycles. The Balaban J connectivity index is 1.96. The van der Waals surface area contributed by atoms with Gasteiger partial charge in [0.1, 0.15) is 11.5 Å². The quantitative estimate of drug-likeness (QED) is 0.710. The summed E-state index contributed by atoms with van der Waals surface area (Å²) in [5, 5.41) is 0. The van der Waals surface area contributed by atoms with Gasteiger partial charge in [-0.15, -0.1) is 0 Å². The molecule has 0 aliphatic carbocycles. The van der Waals surface area contributed by atoms with Gasteiger partial charge in [-0.05, 0) is 41.0 Å². The first kappa shape index (κ1) is 19.6. The highest BCUT2D eigenvalue weighted by Gasteiger charge is 2.49. The van der Waals surface area contributed by atoms with Gasteiger partial charge in [0.15, 0.2) is 11.5 Å². The maximum Gasteiger partial charge on any atom is 0.280 e. The number of hydrogen-bond acceptors (Lipinski definition) is 4. The summed E-state index contributed by atoms with van der Waals surface area (Å²) in [6.07, 6.45) is -1.61. The van der Waals surface area contributed by atoms with E-state index in [9.17, 15) is 18.0 Å². The number of likely N-dealkylation sites (N-methyl/N-ethyl adjacent to an activating group) is 1. The van der Waals surface area contributed by atoms with Gasteiger partial charge in [0, 0.05) is 18.8 Å². The largest absolute Gasteiger partial charge is 0.369 e. The van der Waals surface area contributed by atoms with Crippen molar-refractivity contribution in [2.75, 3.05) is 7.05 Å². The van der Waals surface area contributed by atoms with E-state index in [1.807, 2.05) is 0 Å². The Morgan fingerprint density at radius 3 is 2.43 bits per heavy atom. The van der Waals surface area contributed by atoms with Crippen LogP contribution in [0.5, 0.6) is 0 Å². The van der Waals surface area contributed by atoms with Gasteiger partial charge in [-0.3, -0.25) is 14.7 Å². The van der Waals surface area contributed by atoms with Crippen LogP contribution in [0.2, 0.25) is 0 Å². The van der Waals surface area contributed by atoms with Gasteiger partial charge in [0.05, 0.1) is 0 Å². The zero-order valence-electron chi connectivity index (χ0n) is 15.9. The molecule has 1 amide bonds. The summed E-state index contributed by atoms with van der Waals surface area (Å²) in [6, 6.07) is 15.4. The van der Waals surface area contributed by atoms with E-state index in [-0.39, 0.29) is 11.5 Å². The lowest BCUT2D eigenvalue weighted by atomic mass is 9.81. The number of aliphatic imine (C=N–C) groups is 1. The Hall–Kier alpha value is -3.68. The van der Waals surface area contributed by atoms with E-state index >= 15 is 0 Å². The van der Waals surface area contributed by atoms with Crippen LogP contribution in [0.1, 0.15) is 23.2 Å². The third-order valence-electron chi connectivity index (χ3n) is 5.13. The van der Waals surface area contributed by atoms with Gasteiger partial charge in [-0.2, -0.15) is 0 Å². The molecule has 0 bridgehead atoms. The number of hydrogen-bond donors (Lipinski definition) is 1. The number of nitrogens with zero attached hydrogens (tertiary/aromatic N) is 3. The number of halogens is 3. The molecule has 0 fully saturated rings. The third kappa shape index (κ3) is 3.01. The number of carbonyl (C=O) groups is 1. The van der Waals surface area contributed by atoms with E-state index in [0.717, 1.165) is 11.0 Å². The Kier molecular flexibility index (Phi) is 4.77. The first-order valence-electron chi connectivity index (χ1n) is 9.08. The van der Waals surface area contributed by atoms with Crippen molar-refractivity contribution in [3.63, 3.8) is 0 Å². The lowest BCUT2D eigenvalue weighted by Gasteiger charge is -2.27. The van der Waals surface area contributed by atoms with Crippen molar-refractivity contribution in [2.45, 2.75) is 12.0 Å². The highest BCUT2D eigenvalue weighted by molar-refractivity contribution is 6.09. The standard InChI is InChI=1S/C22H17F3N4O/c1-29-20(30)22(28-21(29)26,15-9-10-27-18(12-15)19(24)25)14-6-4-5-13(11-14)16-7-2-3-8-17(16)23/h2-12,19H,1H3,(H2,26,28). The molecule has 0 radical (unpaired) electrons. The molecule has 3 aromatic rings. The average molecular weight is 410 g/mol. The fourth-order valence-corrected chi connectivity index (χ4v) is 3.58. The highest BCUT2D eigenvalue weighted by atomic mass is 19.3. The van der Waals surface area contributed by atoms with Gasteiger partial charge in [-0.1, -0.05) is 36.4 Å². The molecule has 30 heavy (non-hydrogen) atoms. The van der Waals surface area contributed by atoms with E-state index in [0.29, 0.717) is 16.7 Å². The Morgan fingerprint density at radius 1 is 1.03 bits per heavy atom. The van der Waals surface area contributed by atoms with Gasteiger partial charge in [-0.25, -0.2) is 18.2 Å². The molecule has 2 aromatic carbocycles. The maximum absolute atomic E-state index is 14.3. The Labute approximate surface area is 170 Å². The molecule has 2 heterocycles. The van der Waals surface area contributed by atoms with Crippen LogP contribution in [-0.4, -0.2) is 28.8 Å². The van der Waals surface area contributed by atoms with Crippen LogP contribution in [0.15, 0.2) is 71.9 Å². The monoisotopic (exact) mass is 410 g/mol. The van der Waals surface area contributed by atoms with Crippen molar-refractivity contribution in [2.24, 2.45) is 10.7 Å². The van der Waals surface area contributed by atoms with Gasteiger partial charge in [0.2, 0.25) is 0 Å². The Morgan fingerprint density at radius 2 is 1.77 bits per heavy atom. The normalized spacial score (nSPS) is 18.8. The lowest BCUT2D eigenvalue weighted by Crippen LogP contribution is -2.41. The molecule has 4 rings (SSSR count). The summed E-state index contributed by atoms with van der Waals surface area (Å²) in [4.78, 5) is 22.5. The van der Waals surface area contributed by atoms with Gasteiger partial charge < -0.3 is 5.73 Å². The second-order valence-corrected chi connectivity index (χ2v) is 6.88. The van der Waals surface area contributed by atoms with Crippen molar-refractivity contribution in [1.29, 1.82) is 0 Å². The van der Waals surface area contributed by atoms with Crippen LogP contribution in [0.3, 0.4) is 0 Å². The minimum absolute atomic E-state index is 0.0493. The topological polar surface area (TPSA) is 71.6 Å². The zero-order valence-corrected chi connectivity index (χ0v) is 15.9. The van der Waals surface area contributed by atoms with E-state index in [4.69, 9.17) is 5.73 Å². The summed E-state index contributed by atoms with van der Waals surface area (Å²) in [6.45, 7) is 0. The second-order valence-electron chi connectivity index (χ2n) is 6.88. The number of amides is 1. The zero-order chi connectivity index (χ0) is 21.5. The lowest BCUT2D eigenvalue weighted by molar-refractivity contribution is -0.129. The predicted molar refractivity (Wildman–Crippen MR) is 106 cm³/mol. The highest BCUT2D eigenvalue weighted by Crippen LogP contribution is 2.41. The SMILES string of the molecule is CN1C(=O)C(c2cccc(-c3ccccc3F)c2)(c2ccnc(C(F)F)c2)N=C1N. The molecule has 2 N–H and O–H groups in total. The fourth-order valence-electron chi connectivity index (χ4n) is 3.58. The van der Waals surface area contributed by atoms with Crippen LogP contribution in [0.4, 0.5) is 13.2 Å². The molecule has 1 aliphatic heterocycles. The smallest absolute Gasteiger partial charge is 0.280 e. The van der Waals surface area contributed by atoms with Crippen molar-refractivity contribution in [1.82, 2.24) is 9.88 Å².